The van der Waals surface area contributed by atoms with Gasteiger partial charge in [-0.1, -0.05) is 13.3 Å². The van der Waals surface area contributed by atoms with E-state index in [1.807, 2.05) is 6.92 Å². The summed E-state index contributed by atoms with van der Waals surface area (Å²) in [5.74, 6) is -0.737. The van der Waals surface area contributed by atoms with Gasteiger partial charge in [-0.15, -0.1) is 0 Å². The number of carboxylic acid groups (broad SMARTS) is 1. The SMILES string of the molecule is CCCC1(C(=O)O)CCN(C(=O)OC)CC1. The van der Waals surface area contributed by atoms with E-state index in [1.165, 1.54) is 7.11 Å². The van der Waals surface area contributed by atoms with Crippen LogP contribution in [0.25, 0.3) is 0 Å². The van der Waals surface area contributed by atoms with E-state index < -0.39 is 11.4 Å². The second-order valence-electron chi connectivity index (χ2n) is 4.29. The van der Waals surface area contributed by atoms with Crippen LogP contribution >= 0.6 is 0 Å². The summed E-state index contributed by atoms with van der Waals surface area (Å²) in [5, 5.41) is 9.27. The number of hydrogen-bond donors (Lipinski definition) is 1. The van der Waals surface area contributed by atoms with Crippen LogP contribution in [-0.2, 0) is 9.53 Å². The van der Waals surface area contributed by atoms with Crippen LogP contribution in [0.15, 0.2) is 0 Å². The highest BCUT2D eigenvalue weighted by atomic mass is 16.5. The van der Waals surface area contributed by atoms with Crippen LogP contribution in [-0.4, -0.2) is 42.3 Å². The van der Waals surface area contributed by atoms with E-state index in [9.17, 15) is 14.7 Å². The summed E-state index contributed by atoms with van der Waals surface area (Å²) in [4.78, 5) is 24.1. The Kier molecular flexibility index (Phi) is 4.15. The molecule has 1 aliphatic heterocycles. The zero-order valence-electron chi connectivity index (χ0n) is 9.86. The first-order valence-corrected chi connectivity index (χ1v) is 5.62. The Morgan fingerprint density at radius 1 is 1.38 bits per heavy atom. The van der Waals surface area contributed by atoms with Crippen molar-refractivity contribution in [2.24, 2.45) is 5.41 Å². The monoisotopic (exact) mass is 229 g/mol. The van der Waals surface area contributed by atoms with E-state index in [-0.39, 0.29) is 6.09 Å². The largest absolute Gasteiger partial charge is 0.481 e. The van der Waals surface area contributed by atoms with Crippen LogP contribution in [0.4, 0.5) is 4.79 Å². The minimum atomic E-state index is -0.737. The average Bonchev–Trinajstić information content (AvgIpc) is 2.29. The number of rotatable bonds is 3. The molecule has 1 amide bonds. The standard InChI is InChI=1S/C11H19NO4/c1-3-4-11(9(13)14)5-7-12(8-6-11)10(15)16-2/h3-8H2,1-2H3,(H,13,14). The molecule has 0 atom stereocenters. The molecule has 1 saturated heterocycles. The lowest BCUT2D eigenvalue weighted by Gasteiger charge is -2.38. The van der Waals surface area contributed by atoms with Crippen molar-refractivity contribution in [1.29, 1.82) is 0 Å². The quantitative estimate of drug-likeness (QED) is 0.800. The van der Waals surface area contributed by atoms with E-state index >= 15 is 0 Å². The van der Waals surface area contributed by atoms with Crippen LogP contribution < -0.4 is 0 Å². The van der Waals surface area contributed by atoms with Crippen molar-refractivity contribution in [1.82, 2.24) is 4.90 Å². The number of hydrogen-bond acceptors (Lipinski definition) is 3. The molecule has 92 valence electrons. The molecule has 5 heteroatoms. The number of ether oxygens (including phenoxy) is 1. The number of carbonyl (C=O) groups is 2. The Hall–Kier alpha value is -1.26. The van der Waals surface area contributed by atoms with Crippen molar-refractivity contribution in [3.05, 3.63) is 0 Å². The maximum absolute atomic E-state index is 11.3. The number of methoxy groups -OCH3 is 1. The topological polar surface area (TPSA) is 66.8 Å². The Labute approximate surface area is 95.4 Å². The molecule has 1 aliphatic rings. The Balaban J connectivity index is 2.63. The molecule has 0 bridgehead atoms. The summed E-state index contributed by atoms with van der Waals surface area (Å²) in [6.07, 6.45) is 2.20. The minimum Gasteiger partial charge on any atom is -0.481 e. The molecule has 1 rings (SSSR count). The Bertz CT molecular complexity index is 269. The van der Waals surface area contributed by atoms with E-state index in [0.29, 0.717) is 32.4 Å². The van der Waals surface area contributed by atoms with Crippen LogP contribution in [0.5, 0.6) is 0 Å². The van der Waals surface area contributed by atoms with Gasteiger partial charge in [-0.2, -0.15) is 0 Å². The van der Waals surface area contributed by atoms with Crippen molar-refractivity contribution in [3.63, 3.8) is 0 Å². The van der Waals surface area contributed by atoms with Gasteiger partial charge in [0.25, 0.3) is 0 Å². The lowest BCUT2D eigenvalue weighted by Crippen LogP contribution is -2.46. The molecule has 0 unspecified atom stereocenters. The highest BCUT2D eigenvalue weighted by Gasteiger charge is 2.41. The molecule has 5 nitrogen and oxygen atoms in total. The molecule has 1 N–H and O–H groups in total. The number of aliphatic carboxylic acids is 1. The predicted molar refractivity (Wildman–Crippen MR) is 58.2 cm³/mol. The molecular weight excluding hydrogens is 210 g/mol. The first kappa shape index (κ1) is 12.8. The molecule has 16 heavy (non-hydrogen) atoms. The van der Waals surface area contributed by atoms with Crippen molar-refractivity contribution >= 4 is 12.1 Å². The van der Waals surface area contributed by atoms with Gasteiger partial charge in [-0.25, -0.2) is 4.79 Å². The minimum absolute atomic E-state index is 0.365. The molecular formula is C11H19NO4. The van der Waals surface area contributed by atoms with Gasteiger partial charge in [0.15, 0.2) is 0 Å². The van der Waals surface area contributed by atoms with Gasteiger partial charge in [-0.05, 0) is 19.3 Å². The number of carboxylic acids is 1. The van der Waals surface area contributed by atoms with Gasteiger partial charge in [0.05, 0.1) is 12.5 Å². The molecule has 0 saturated carbocycles. The van der Waals surface area contributed by atoms with Crippen molar-refractivity contribution in [3.8, 4) is 0 Å². The fourth-order valence-corrected chi connectivity index (χ4v) is 2.30. The smallest absolute Gasteiger partial charge is 0.409 e. The fourth-order valence-electron chi connectivity index (χ4n) is 2.30. The summed E-state index contributed by atoms with van der Waals surface area (Å²) < 4.78 is 4.62. The fraction of sp³-hybridized carbons (Fsp3) is 0.818. The van der Waals surface area contributed by atoms with Crippen molar-refractivity contribution in [2.45, 2.75) is 32.6 Å². The summed E-state index contributed by atoms with van der Waals surface area (Å²) in [6, 6.07) is 0. The van der Waals surface area contributed by atoms with Gasteiger partial charge in [0.1, 0.15) is 0 Å². The molecule has 0 aromatic rings. The Morgan fingerprint density at radius 3 is 2.31 bits per heavy atom. The zero-order valence-corrected chi connectivity index (χ0v) is 9.86. The molecule has 0 aromatic carbocycles. The van der Waals surface area contributed by atoms with Gasteiger partial charge in [0, 0.05) is 13.1 Å². The summed E-state index contributed by atoms with van der Waals surface area (Å²) in [7, 11) is 1.34. The number of nitrogens with zero attached hydrogens (tertiary/aromatic N) is 1. The van der Waals surface area contributed by atoms with E-state index in [0.717, 1.165) is 6.42 Å². The summed E-state index contributed by atoms with van der Waals surface area (Å²) in [6.45, 7) is 2.93. The average molecular weight is 229 g/mol. The highest BCUT2D eigenvalue weighted by Crippen LogP contribution is 2.36. The number of likely N-dealkylation sites (tertiary alicyclic amines) is 1. The van der Waals surface area contributed by atoms with Crippen LogP contribution in [0.2, 0.25) is 0 Å². The third-order valence-corrected chi connectivity index (χ3v) is 3.34. The number of piperidine rings is 1. The predicted octanol–water partition coefficient (Wildman–Crippen LogP) is 1.72. The van der Waals surface area contributed by atoms with Gasteiger partial charge in [-0.3, -0.25) is 4.79 Å². The van der Waals surface area contributed by atoms with Crippen LogP contribution in [0, 0.1) is 5.41 Å². The third kappa shape index (κ3) is 2.46. The maximum atomic E-state index is 11.3. The van der Waals surface area contributed by atoms with Gasteiger partial charge < -0.3 is 14.7 Å². The molecule has 0 radical (unpaired) electrons. The second-order valence-corrected chi connectivity index (χ2v) is 4.29. The number of amides is 1. The zero-order chi connectivity index (χ0) is 12.2. The molecule has 0 aliphatic carbocycles. The highest BCUT2D eigenvalue weighted by molar-refractivity contribution is 5.75. The molecule has 0 spiro atoms. The summed E-state index contributed by atoms with van der Waals surface area (Å²) in [5.41, 5.74) is -0.640. The molecule has 1 heterocycles. The molecule has 1 fully saturated rings. The first-order valence-electron chi connectivity index (χ1n) is 5.62. The number of carbonyl (C=O) groups excluding carboxylic acids is 1. The van der Waals surface area contributed by atoms with Gasteiger partial charge >= 0.3 is 12.1 Å². The first-order chi connectivity index (χ1) is 7.55. The van der Waals surface area contributed by atoms with Crippen molar-refractivity contribution < 1.29 is 19.4 Å². The van der Waals surface area contributed by atoms with Crippen LogP contribution in [0.1, 0.15) is 32.6 Å². The van der Waals surface area contributed by atoms with Gasteiger partial charge in [0.2, 0.25) is 0 Å². The van der Waals surface area contributed by atoms with E-state index in [2.05, 4.69) is 4.74 Å². The molecule has 0 aromatic heterocycles. The third-order valence-electron chi connectivity index (χ3n) is 3.34. The van der Waals surface area contributed by atoms with E-state index in [1.54, 1.807) is 4.90 Å². The van der Waals surface area contributed by atoms with E-state index in [4.69, 9.17) is 0 Å². The van der Waals surface area contributed by atoms with Crippen molar-refractivity contribution in [2.75, 3.05) is 20.2 Å². The second kappa shape index (κ2) is 5.18. The summed E-state index contributed by atoms with van der Waals surface area (Å²) >= 11 is 0. The van der Waals surface area contributed by atoms with Crippen LogP contribution in [0.3, 0.4) is 0 Å². The lowest BCUT2D eigenvalue weighted by atomic mass is 9.75. The Morgan fingerprint density at radius 2 is 1.94 bits per heavy atom. The normalized spacial score (nSPS) is 19.2. The lowest BCUT2D eigenvalue weighted by molar-refractivity contribution is -0.152. The maximum Gasteiger partial charge on any atom is 0.409 e.